The van der Waals surface area contributed by atoms with Gasteiger partial charge < -0.3 is 14.5 Å². The van der Waals surface area contributed by atoms with Crippen LogP contribution in [0.3, 0.4) is 0 Å². The summed E-state index contributed by atoms with van der Waals surface area (Å²) in [5.41, 5.74) is 5.44. The van der Waals surface area contributed by atoms with Crippen molar-refractivity contribution in [3.05, 3.63) is 77.9 Å². The zero-order chi connectivity index (χ0) is 21.8. The average Bonchev–Trinajstić information content (AvgIpc) is 3.22. The largest absolute Gasteiger partial charge is 0.483 e. The van der Waals surface area contributed by atoms with Crippen LogP contribution in [0.2, 0.25) is 0 Å². The maximum atomic E-state index is 12.2. The normalized spacial score (nSPS) is 12.0. The molecule has 1 N–H and O–H groups in total. The van der Waals surface area contributed by atoms with Crippen LogP contribution in [-0.4, -0.2) is 17.5 Å². The Morgan fingerprint density at radius 2 is 1.87 bits per heavy atom. The number of aryl methyl sites for hydroxylation is 1. The van der Waals surface area contributed by atoms with E-state index in [0.717, 1.165) is 28.6 Å². The quantitative estimate of drug-likeness (QED) is 0.383. The van der Waals surface area contributed by atoms with Gasteiger partial charge in [0.2, 0.25) is 5.89 Å². The molecule has 0 spiro atoms. The van der Waals surface area contributed by atoms with E-state index in [2.05, 4.69) is 36.3 Å². The number of hydrogen-bond acceptors (Lipinski definition) is 4. The SMILES string of the molecule is CC[C@H](C)c1ccc2oc(-c3ccc(NC(=O)COc4ccccc4C)cc3)nc2c1. The monoisotopic (exact) mass is 414 g/mol. The van der Waals surface area contributed by atoms with Gasteiger partial charge in [0.1, 0.15) is 11.3 Å². The van der Waals surface area contributed by atoms with Crippen molar-refractivity contribution in [2.45, 2.75) is 33.1 Å². The molecular formula is C26H26N2O3. The van der Waals surface area contributed by atoms with E-state index >= 15 is 0 Å². The Morgan fingerprint density at radius 1 is 1.10 bits per heavy atom. The molecule has 0 radical (unpaired) electrons. The van der Waals surface area contributed by atoms with Gasteiger partial charge in [-0.2, -0.15) is 0 Å². The highest BCUT2D eigenvalue weighted by Crippen LogP contribution is 2.28. The fraction of sp³-hybridized carbons (Fsp3) is 0.231. The number of carbonyl (C=O) groups excluding carboxylic acids is 1. The summed E-state index contributed by atoms with van der Waals surface area (Å²) in [7, 11) is 0. The highest BCUT2D eigenvalue weighted by atomic mass is 16.5. The third-order valence-electron chi connectivity index (χ3n) is 5.46. The number of oxazole rings is 1. The number of hydrogen-bond donors (Lipinski definition) is 1. The first kappa shape index (κ1) is 20.7. The maximum absolute atomic E-state index is 12.2. The summed E-state index contributed by atoms with van der Waals surface area (Å²) in [5.74, 6) is 1.55. The molecule has 1 amide bonds. The van der Waals surface area contributed by atoms with Crippen molar-refractivity contribution >= 4 is 22.7 Å². The molecule has 0 bridgehead atoms. The molecule has 31 heavy (non-hydrogen) atoms. The van der Waals surface area contributed by atoms with E-state index in [1.54, 1.807) is 0 Å². The van der Waals surface area contributed by atoms with Crippen molar-refractivity contribution in [2.75, 3.05) is 11.9 Å². The molecule has 1 atom stereocenters. The number of ether oxygens (including phenoxy) is 1. The second-order valence-corrected chi connectivity index (χ2v) is 7.74. The number of amides is 1. The molecule has 3 aromatic carbocycles. The van der Waals surface area contributed by atoms with Gasteiger partial charge in [-0.3, -0.25) is 4.79 Å². The van der Waals surface area contributed by atoms with Gasteiger partial charge >= 0.3 is 0 Å². The van der Waals surface area contributed by atoms with Crippen LogP contribution in [0.15, 0.2) is 71.1 Å². The van der Waals surface area contributed by atoms with Gasteiger partial charge in [-0.15, -0.1) is 0 Å². The van der Waals surface area contributed by atoms with Crippen LogP contribution in [-0.2, 0) is 4.79 Å². The van der Waals surface area contributed by atoms with Gasteiger partial charge in [-0.25, -0.2) is 4.98 Å². The number of rotatable bonds is 7. The third kappa shape index (κ3) is 4.77. The number of anilines is 1. The molecule has 0 fully saturated rings. The lowest BCUT2D eigenvalue weighted by Gasteiger charge is -2.09. The molecule has 1 heterocycles. The van der Waals surface area contributed by atoms with Crippen LogP contribution in [0.1, 0.15) is 37.3 Å². The van der Waals surface area contributed by atoms with Crippen LogP contribution >= 0.6 is 0 Å². The second kappa shape index (κ2) is 9.04. The van der Waals surface area contributed by atoms with E-state index in [0.29, 0.717) is 23.2 Å². The predicted octanol–water partition coefficient (Wildman–Crippen LogP) is 6.33. The number of nitrogens with one attached hydrogen (secondary N) is 1. The lowest BCUT2D eigenvalue weighted by atomic mass is 9.98. The Hall–Kier alpha value is -3.60. The average molecular weight is 415 g/mol. The summed E-state index contributed by atoms with van der Waals surface area (Å²) in [6, 6.07) is 21.2. The van der Waals surface area contributed by atoms with Crippen LogP contribution in [0.25, 0.3) is 22.6 Å². The minimum atomic E-state index is -0.213. The molecule has 0 saturated carbocycles. The van der Waals surface area contributed by atoms with Crippen molar-refractivity contribution in [3.8, 4) is 17.2 Å². The molecule has 5 heteroatoms. The minimum absolute atomic E-state index is 0.0454. The van der Waals surface area contributed by atoms with Crippen molar-refractivity contribution in [1.82, 2.24) is 4.98 Å². The molecule has 5 nitrogen and oxygen atoms in total. The van der Waals surface area contributed by atoms with Crippen molar-refractivity contribution in [3.63, 3.8) is 0 Å². The summed E-state index contributed by atoms with van der Waals surface area (Å²) < 4.78 is 11.5. The smallest absolute Gasteiger partial charge is 0.262 e. The topological polar surface area (TPSA) is 64.4 Å². The first-order valence-electron chi connectivity index (χ1n) is 10.5. The lowest BCUT2D eigenvalue weighted by Crippen LogP contribution is -2.20. The number of nitrogens with zero attached hydrogens (tertiary/aromatic N) is 1. The molecule has 0 unspecified atom stereocenters. The molecule has 0 aliphatic rings. The summed E-state index contributed by atoms with van der Waals surface area (Å²) in [4.78, 5) is 16.9. The van der Waals surface area contributed by atoms with E-state index in [-0.39, 0.29) is 12.5 Å². The van der Waals surface area contributed by atoms with Crippen LogP contribution in [0.4, 0.5) is 5.69 Å². The van der Waals surface area contributed by atoms with Crippen molar-refractivity contribution in [1.29, 1.82) is 0 Å². The van der Waals surface area contributed by atoms with Crippen molar-refractivity contribution in [2.24, 2.45) is 0 Å². The third-order valence-corrected chi connectivity index (χ3v) is 5.46. The first-order chi connectivity index (χ1) is 15.0. The summed E-state index contributed by atoms with van der Waals surface area (Å²) >= 11 is 0. The molecule has 1 aromatic heterocycles. The fourth-order valence-electron chi connectivity index (χ4n) is 3.37. The lowest BCUT2D eigenvalue weighted by molar-refractivity contribution is -0.118. The van der Waals surface area contributed by atoms with Crippen LogP contribution < -0.4 is 10.1 Å². The van der Waals surface area contributed by atoms with Gasteiger partial charge in [0.25, 0.3) is 5.91 Å². The number of aromatic nitrogens is 1. The maximum Gasteiger partial charge on any atom is 0.262 e. The minimum Gasteiger partial charge on any atom is -0.483 e. The standard InChI is InChI=1S/C26H26N2O3/c1-4-17(2)20-11-14-24-22(15-20)28-26(31-24)19-9-12-21(13-10-19)27-25(29)16-30-23-8-6-5-7-18(23)3/h5-15,17H,4,16H2,1-3H3,(H,27,29)/t17-/m0/s1. The van der Waals surface area contributed by atoms with E-state index in [4.69, 9.17) is 9.15 Å². The Labute approximate surface area is 182 Å². The Balaban J connectivity index is 1.42. The van der Waals surface area contributed by atoms with Crippen LogP contribution in [0.5, 0.6) is 5.75 Å². The first-order valence-corrected chi connectivity index (χ1v) is 10.5. The molecule has 0 aliphatic heterocycles. The Bertz CT molecular complexity index is 1190. The second-order valence-electron chi connectivity index (χ2n) is 7.74. The molecule has 158 valence electrons. The fourth-order valence-corrected chi connectivity index (χ4v) is 3.37. The van der Waals surface area contributed by atoms with Gasteiger partial charge in [-0.1, -0.05) is 38.1 Å². The molecule has 4 aromatic rings. The highest BCUT2D eigenvalue weighted by Gasteiger charge is 2.12. The summed E-state index contributed by atoms with van der Waals surface area (Å²) in [6.07, 6.45) is 1.08. The number of carbonyl (C=O) groups is 1. The van der Waals surface area contributed by atoms with E-state index < -0.39 is 0 Å². The van der Waals surface area contributed by atoms with Gasteiger partial charge in [0.15, 0.2) is 12.2 Å². The number of fused-ring (bicyclic) bond motifs is 1. The molecule has 0 aliphatic carbocycles. The zero-order valence-electron chi connectivity index (χ0n) is 18.0. The molecule has 0 saturated heterocycles. The number of benzene rings is 3. The highest BCUT2D eigenvalue weighted by molar-refractivity contribution is 5.92. The summed E-state index contributed by atoms with van der Waals surface area (Å²) in [6.45, 7) is 6.29. The molecular weight excluding hydrogens is 388 g/mol. The van der Waals surface area contributed by atoms with Crippen molar-refractivity contribution < 1.29 is 13.9 Å². The number of para-hydroxylation sites is 1. The van der Waals surface area contributed by atoms with E-state index in [1.807, 2.05) is 61.5 Å². The Morgan fingerprint density at radius 3 is 2.61 bits per heavy atom. The van der Waals surface area contributed by atoms with Gasteiger partial charge in [0.05, 0.1) is 0 Å². The Kier molecular flexibility index (Phi) is 6.03. The van der Waals surface area contributed by atoms with Gasteiger partial charge in [0, 0.05) is 11.3 Å². The predicted molar refractivity (Wildman–Crippen MR) is 123 cm³/mol. The van der Waals surface area contributed by atoms with E-state index in [9.17, 15) is 4.79 Å². The van der Waals surface area contributed by atoms with Crippen LogP contribution in [0, 0.1) is 6.92 Å². The van der Waals surface area contributed by atoms with E-state index in [1.165, 1.54) is 5.56 Å². The van der Waals surface area contributed by atoms with Gasteiger partial charge in [-0.05, 0) is 72.9 Å². The summed E-state index contributed by atoms with van der Waals surface area (Å²) in [5, 5.41) is 2.85. The zero-order valence-corrected chi connectivity index (χ0v) is 18.0. The molecule has 4 rings (SSSR count).